The fourth-order valence-electron chi connectivity index (χ4n) is 2.43. The first-order valence-corrected chi connectivity index (χ1v) is 7.12. The Morgan fingerprint density at radius 3 is 2.32 bits per heavy atom. The summed E-state index contributed by atoms with van der Waals surface area (Å²) in [5.41, 5.74) is -0.578. The number of piperidine rings is 1. The molecule has 1 rings (SSSR count). The molecule has 0 radical (unpaired) electrons. The van der Waals surface area contributed by atoms with Crippen molar-refractivity contribution in [2.45, 2.75) is 40.0 Å². The Balaban J connectivity index is 2.38. The monoisotopic (exact) mass is 270 g/mol. The van der Waals surface area contributed by atoms with Crippen LogP contribution < -0.4 is 5.32 Å². The molecule has 5 nitrogen and oxygen atoms in total. The molecule has 0 unspecified atom stereocenters. The van der Waals surface area contributed by atoms with Gasteiger partial charge >= 0.3 is 5.97 Å². The van der Waals surface area contributed by atoms with Crippen molar-refractivity contribution >= 4 is 11.9 Å². The van der Waals surface area contributed by atoms with E-state index in [0.717, 1.165) is 0 Å². The van der Waals surface area contributed by atoms with E-state index in [4.69, 9.17) is 0 Å². The molecule has 1 saturated heterocycles. The van der Waals surface area contributed by atoms with Gasteiger partial charge in [-0.25, -0.2) is 0 Å². The minimum atomic E-state index is -0.695. The molecule has 0 aromatic carbocycles. The first kappa shape index (κ1) is 16.0. The molecule has 2 N–H and O–H groups in total. The van der Waals surface area contributed by atoms with E-state index in [9.17, 15) is 14.7 Å². The maximum absolute atomic E-state index is 11.7. The molecule has 0 aliphatic carbocycles. The molecule has 1 heterocycles. The maximum Gasteiger partial charge on any atom is 0.309 e. The van der Waals surface area contributed by atoms with Crippen molar-refractivity contribution in [2.24, 2.45) is 11.3 Å². The van der Waals surface area contributed by atoms with Crippen LogP contribution in [0.3, 0.4) is 0 Å². The summed E-state index contributed by atoms with van der Waals surface area (Å²) in [6.45, 7) is 8.50. The minimum Gasteiger partial charge on any atom is -0.481 e. The molecule has 19 heavy (non-hydrogen) atoms. The largest absolute Gasteiger partial charge is 0.481 e. The van der Waals surface area contributed by atoms with Gasteiger partial charge in [-0.1, -0.05) is 20.8 Å². The van der Waals surface area contributed by atoms with Crippen molar-refractivity contribution in [1.29, 1.82) is 0 Å². The van der Waals surface area contributed by atoms with Crippen LogP contribution >= 0.6 is 0 Å². The zero-order valence-corrected chi connectivity index (χ0v) is 12.2. The van der Waals surface area contributed by atoms with Gasteiger partial charge in [0.25, 0.3) is 0 Å². The highest BCUT2D eigenvalue weighted by molar-refractivity contribution is 5.78. The number of rotatable bonds is 6. The lowest BCUT2D eigenvalue weighted by Crippen LogP contribution is -2.47. The SMILES string of the molecule is CCC1(C(=O)O)CCN(CC(=O)NCC(C)C)CC1. The average molecular weight is 270 g/mol. The lowest BCUT2D eigenvalue weighted by atomic mass is 9.76. The first-order valence-electron chi connectivity index (χ1n) is 7.12. The van der Waals surface area contributed by atoms with Gasteiger partial charge in [-0.15, -0.1) is 0 Å². The van der Waals surface area contributed by atoms with E-state index in [0.29, 0.717) is 51.4 Å². The van der Waals surface area contributed by atoms with E-state index in [1.54, 1.807) is 0 Å². The third-order valence-electron chi connectivity index (χ3n) is 4.02. The van der Waals surface area contributed by atoms with Crippen LogP contribution in [0.4, 0.5) is 0 Å². The number of amides is 1. The molecular weight excluding hydrogens is 244 g/mol. The summed E-state index contributed by atoms with van der Waals surface area (Å²) < 4.78 is 0. The van der Waals surface area contributed by atoms with E-state index in [1.807, 2.05) is 11.8 Å². The number of nitrogens with one attached hydrogen (secondary N) is 1. The second-order valence-corrected chi connectivity index (χ2v) is 5.91. The summed E-state index contributed by atoms with van der Waals surface area (Å²) in [6, 6.07) is 0. The average Bonchev–Trinajstić information content (AvgIpc) is 2.37. The molecule has 0 aromatic rings. The van der Waals surface area contributed by atoms with Crippen molar-refractivity contribution < 1.29 is 14.7 Å². The third kappa shape index (κ3) is 4.49. The molecule has 1 aliphatic heterocycles. The van der Waals surface area contributed by atoms with Gasteiger partial charge in [-0.2, -0.15) is 0 Å². The van der Waals surface area contributed by atoms with Gasteiger partial charge in [-0.05, 0) is 38.3 Å². The predicted molar refractivity (Wildman–Crippen MR) is 73.9 cm³/mol. The van der Waals surface area contributed by atoms with Crippen LogP contribution in [0.2, 0.25) is 0 Å². The second-order valence-electron chi connectivity index (χ2n) is 5.91. The molecule has 1 fully saturated rings. The van der Waals surface area contributed by atoms with Gasteiger partial charge < -0.3 is 10.4 Å². The van der Waals surface area contributed by atoms with Gasteiger partial charge in [0.1, 0.15) is 0 Å². The van der Waals surface area contributed by atoms with Crippen LogP contribution in [0.1, 0.15) is 40.0 Å². The Morgan fingerprint density at radius 1 is 1.32 bits per heavy atom. The summed E-state index contributed by atoms with van der Waals surface area (Å²) >= 11 is 0. The smallest absolute Gasteiger partial charge is 0.309 e. The Morgan fingerprint density at radius 2 is 1.89 bits per heavy atom. The fraction of sp³-hybridized carbons (Fsp3) is 0.857. The first-order chi connectivity index (χ1) is 8.89. The zero-order chi connectivity index (χ0) is 14.5. The van der Waals surface area contributed by atoms with Crippen LogP contribution in [0.5, 0.6) is 0 Å². The van der Waals surface area contributed by atoms with E-state index in [-0.39, 0.29) is 5.91 Å². The molecule has 0 atom stereocenters. The zero-order valence-electron chi connectivity index (χ0n) is 12.2. The molecular formula is C14H26N2O3. The topological polar surface area (TPSA) is 69.6 Å². The lowest BCUT2D eigenvalue weighted by Gasteiger charge is -2.38. The quantitative estimate of drug-likeness (QED) is 0.764. The predicted octanol–water partition coefficient (Wildman–Crippen LogP) is 1.34. The summed E-state index contributed by atoms with van der Waals surface area (Å²) in [5.74, 6) is -0.211. The highest BCUT2D eigenvalue weighted by atomic mass is 16.4. The van der Waals surface area contributed by atoms with Crippen LogP contribution in [-0.4, -0.2) is 48.1 Å². The Hall–Kier alpha value is -1.10. The normalized spacial score (nSPS) is 19.4. The van der Waals surface area contributed by atoms with Gasteiger partial charge in [0.05, 0.1) is 12.0 Å². The van der Waals surface area contributed by atoms with E-state index in [1.165, 1.54) is 0 Å². The molecule has 0 spiro atoms. The summed E-state index contributed by atoms with van der Waals surface area (Å²) in [6.07, 6.45) is 1.93. The number of hydrogen-bond donors (Lipinski definition) is 2. The number of likely N-dealkylation sites (tertiary alicyclic amines) is 1. The number of hydrogen-bond acceptors (Lipinski definition) is 3. The summed E-state index contributed by atoms with van der Waals surface area (Å²) in [5, 5.41) is 12.2. The van der Waals surface area contributed by atoms with Crippen LogP contribution in [0, 0.1) is 11.3 Å². The molecule has 110 valence electrons. The molecule has 1 amide bonds. The number of nitrogens with zero attached hydrogens (tertiary/aromatic N) is 1. The van der Waals surface area contributed by atoms with Gasteiger partial charge in [0.2, 0.25) is 5.91 Å². The number of aliphatic carboxylic acids is 1. The highest BCUT2D eigenvalue weighted by Gasteiger charge is 2.39. The van der Waals surface area contributed by atoms with Gasteiger partial charge in [0, 0.05) is 6.54 Å². The number of carbonyl (C=O) groups excluding carboxylic acids is 1. The van der Waals surface area contributed by atoms with Crippen molar-refractivity contribution in [2.75, 3.05) is 26.2 Å². The minimum absolute atomic E-state index is 0.0352. The van der Waals surface area contributed by atoms with E-state index >= 15 is 0 Å². The van der Waals surface area contributed by atoms with E-state index in [2.05, 4.69) is 19.2 Å². The maximum atomic E-state index is 11.7. The summed E-state index contributed by atoms with van der Waals surface area (Å²) in [4.78, 5) is 25.1. The Labute approximate surface area is 115 Å². The Bertz CT molecular complexity index is 321. The second kappa shape index (κ2) is 6.89. The molecule has 1 aliphatic rings. The molecule has 0 bridgehead atoms. The fourth-order valence-corrected chi connectivity index (χ4v) is 2.43. The molecule has 0 saturated carbocycles. The third-order valence-corrected chi connectivity index (χ3v) is 4.02. The van der Waals surface area contributed by atoms with E-state index < -0.39 is 11.4 Å². The van der Waals surface area contributed by atoms with Crippen molar-refractivity contribution in [1.82, 2.24) is 10.2 Å². The van der Waals surface area contributed by atoms with Crippen molar-refractivity contribution in [3.8, 4) is 0 Å². The van der Waals surface area contributed by atoms with Gasteiger partial charge in [0.15, 0.2) is 0 Å². The molecule has 5 heteroatoms. The van der Waals surface area contributed by atoms with Crippen LogP contribution in [0.15, 0.2) is 0 Å². The number of carboxylic acids is 1. The number of carbonyl (C=O) groups is 2. The summed E-state index contributed by atoms with van der Waals surface area (Å²) in [7, 11) is 0. The van der Waals surface area contributed by atoms with Crippen molar-refractivity contribution in [3.05, 3.63) is 0 Å². The van der Waals surface area contributed by atoms with Crippen molar-refractivity contribution in [3.63, 3.8) is 0 Å². The number of carboxylic acid groups (broad SMARTS) is 1. The Kier molecular flexibility index (Phi) is 5.79. The van der Waals surface area contributed by atoms with Crippen LogP contribution in [0.25, 0.3) is 0 Å². The van der Waals surface area contributed by atoms with Gasteiger partial charge in [-0.3, -0.25) is 14.5 Å². The standard InChI is InChI=1S/C14H26N2O3/c1-4-14(13(18)19)5-7-16(8-6-14)10-12(17)15-9-11(2)3/h11H,4-10H2,1-3H3,(H,15,17)(H,18,19). The highest BCUT2D eigenvalue weighted by Crippen LogP contribution is 2.34. The molecule has 0 aromatic heterocycles. The van der Waals surface area contributed by atoms with Crippen LogP contribution in [-0.2, 0) is 9.59 Å². The lowest BCUT2D eigenvalue weighted by molar-refractivity contribution is -0.152.